The summed E-state index contributed by atoms with van der Waals surface area (Å²) in [7, 11) is 0. The van der Waals surface area contributed by atoms with Gasteiger partial charge < -0.3 is 10.6 Å². The summed E-state index contributed by atoms with van der Waals surface area (Å²) in [5.74, 6) is 0.895. The lowest BCUT2D eigenvalue weighted by Crippen LogP contribution is -2.24. The third kappa shape index (κ3) is 3.28. The molecule has 1 aromatic carbocycles. The third-order valence-corrected chi connectivity index (χ3v) is 4.21. The van der Waals surface area contributed by atoms with Crippen molar-refractivity contribution in [3.05, 3.63) is 23.8 Å². The van der Waals surface area contributed by atoms with Crippen LogP contribution in [0, 0.1) is 5.92 Å². The third-order valence-electron chi connectivity index (χ3n) is 4.21. The molecule has 0 radical (unpaired) electrons. The Kier molecular flexibility index (Phi) is 4.46. The van der Waals surface area contributed by atoms with Gasteiger partial charge in [0.15, 0.2) is 5.78 Å². The standard InChI is InChI=1S/C16H24N2O/c1-3-13-5-4-9-18(10-8-13)14-6-7-16(17)15(11-14)12(2)19/h6-7,11,13H,3-5,8-10,17H2,1-2H3. The maximum absolute atomic E-state index is 11.6. The normalized spacial score (nSPS) is 20.1. The predicted molar refractivity (Wildman–Crippen MR) is 80.7 cm³/mol. The first-order valence-electron chi connectivity index (χ1n) is 7.27. The Bertz CT molecular complexity index is 456. The molecule has 1 fully saturated rings. The monoisotopic (exact) mass is 260 g/mol. The Hall–Kier alpha value is -1.51. The van der Waals surface area contributed by atoms with E-state index in [-0.39, 0.29) is 5.78 Å². The number of nitrogen functional groups attached to an aromatic ring is 1. The lowest BCUT2D eigenvalue weighted by Gasteiger charge is -2.23. The lowest BCUT2D eigenvalue weighted by atomic mass is 9.98. The van der Waals surface area contributed by atoms with Crippen LogP contribution in [-0.2, 0) is 0 Å². The number of carbonyl (C=O) groups is 1. The van der Waals surface area contributed by atoms with Gasteiger partial charge in [0.1, 0.15) is 0 Å². The number of benzene rings is 1. The number of hydrogen-bond acceptors (Lipinski definition) is 3. The van der Waals surface area contributed by atoms with E-state index in [1.807, 2.05) is 18.2 Å². The summed E-state index contributed by atoms with van der Waals surface area (Å²) in [5.41, 5.74) is 8.22. The van der Waals surface area contributed by atoms with Crippen LogP contribution in [0.1, 0.15) is 49.9 Å². The molecule has 1 heterocycles. The Labute approximate surface area is 115 Å². The fraction of sp³-hybridized carbons (Fsp3) is 0.562. The van der Waals surface area contributed by atoms with Gasteiger partial charge in [-0.05, 0) is 50.3 Å². The summed E-state index contributed by atoms with van der Waals surface area (Å²) in [4.78, 5) is 14.0. The van der Waals surface area contributed by atoms with Gasteiger partial charge in [0, 0.05) is 30.0 Å². The van der Waals surface area contributed by atoms with Gasteiger partial charge in [0.25, 0.3) is 0 Å². The summed E-state index contributed by atoms with van der Waals surface area (Å²) in [6.45, 7) is 6.01. The van der Waals surface area contributed by atoms with Crippen LogP contribution in [0.25, 0.3) is 0 Å². The molecule has 0 saturated carbocycles. The van der Waals surface area contributed by atoms with Crippen molar-refractivity contribution < 1.29 is 4.79 Å². The van der Waals surface area contributed by atoms with Crippen LogP contribution < -0.4 is 10.6 Å². The first-order valence-corrected chi connectivity index (χ1v) is 7.27. The van der Waals surface area contributed by atoms with Gasteiger partial charge in [-0.25, -0.2) is 0 Å². The molecular formula is C16H24N2O. The molecule has 3 nitrogen and oxygen atoms in total. The minimum Gasteiger partial charge on any atom is -0.398 e. The molecule has 1 saturated heterocycles. The molecule has 2 rings (SSSR count). The summed E-state index contributed by atoms with van der Waals surface area (Å²) in [5, 5.41) is 0. The summed E-state index contributed by atoms with van der Waals surface area (Å²) in [6.07, 6.45) is 5.07. The van der Waals surface area contributed by atoms with Gasteiger partial charge in [-0.2, -0.15) is 0 Å². The minimum atomic E-state index is 0.0422. The molecule has 1 unspecified atom stereocenters. The molecule has 104 valence electrons. The second-order valence-corrected chi connectivity index (χ2v) is 5.52. The molecule has 19 heavy (non-hydrogen) atoms. The van der Waals surface area contributed by atoms with Crippen molar-refractivity contribution in [1.82, 2.24) is 0 Å². The van der Waals surface area contributed by atoms with Crippen LogP contribution in [0.4, 0.5) is 11.4 Å². The topological polar surface area (TPSA) is 46.3 Å². The van der Waals surface area contributed by atoms with E-state index in [1.54, 1.807) is 6.92 Å². The SMILES string of the molecule is CCC1CCCN(c2ccc(N)c(C(C)=O)c2)CC1. The highest BCUT2D eigenvalue weighted by molar-refractivity contribution is 6.00. The van der Waals surface area contributed by atoms with Gasteiger partial charge in [0.05, 0.1) is 0 Å². The molecule has 0 aliphatic carbocycles. The van der Waals surface area contributed by atoms with E-state index in [9.17, 15) is 4.79 Å². The largest absolute Gasteiger partial charge is 0.398 e. The maximum Gasteiger partial charge on any atom is 0.161 e. The highest BCUT2D eigenvalue weighted by Gasteiger charge is 2.17. The van der Waals surface area contributed by atoms with Gasteiger partial charge in [-0.3, -0.25) is 4.79 Å². The van der Waals surface area contributed by atoms with Crippen LogP contribution in [0.5, 0.6) is 0 Å². The van der Waals surface area contributed by atoms with Crippen molar-refractivity contribution in [1.29, 1.82) is 0 Å². The van der Waals surface area contributed by atoms with Gasteiger partial charge in [-0.15, -0.1) is 0 Å². The molecule has 2 N–H and O–H groups in total. The van der Waals surface area contributed by atoms with E-state index in [4.69, 9.17) is 5.73 Å². The number of Topliss-reactive ketones (excluding diaryl/α,β-unsaturated/α-hetero) is 1. The van der Waals surface area contributed by atoms with Crippen molar-refractivity contribution in [2.75, 3.05) is 23.7 Å². The summed E-state index contributed by atoms with van der Waals surface area (Å²) in [6, 6.07) is 5.84. The zero-order valence-electron chi connectivity index (χ0n) is 12.0. The van der Waals surface area contributed by atoms with E-state index in [2.05, 4.69) is 11.8 Å². The summed E-state index contributed by atoms with van der Waals surface area (Å²) >= 11 is 0. The molecule has 1 aliphatic heterocycles. The molecule has 1 aromatic rings. The molecule has 1 aliphatic rings. The Morgan fingerprint density at radius 1 is 1.37 bits per heavy atom. The fourth-order valence-electron chi connectivity index (χ4n) is 2.88. The minimum absolute atomic E-state index is 0.0422. The van der Waals surface area contributed by atoms with Gasteiger partial charge >= 0.3 is 0 Å². The van der Waals surface area contributed by atoms with Crippen LogP contribution in [0.2, 0.25) is 0 Å². The van der Waals surface area contributed by atoms with Crippen molar-refractivity contribution in [3.8, 4) is 0 Å². The maximum atomic E-state index is 11.6. The number of carbonyl (C=O) groups excluding carboxylic acids is 1. The van der Waals surface area contributed by atoms with Crippen LogP contribution in [-0.4, -0.2) is 18.9 Å². The second kappa shape index (κ2) is 6.09. The first-order chi connectivity index (χ1) is 9.11. The molecule has 3 heteroatoms. The number of hydrogen-bond donors (Lipinski definition) is 1. The number of anilines is 2. The quantitative estimate of drug-likeness (QED) is 0.668. The Balaban J connectivity index is 2.17. The zero-order chi connectivity index (χ0) is 13.8. The van der Waals surface area contributed by atoms with Crippen LogP contribution >= 0.6 is 0 Å². The fourth-order valence-corrected chi connectivity index (χ4v) is 2.88. The van der Waals surface area contributed by atoms with Crippen molar-refractivity contribution in [2.24, 2.45) is 5.92 Å². The highest BCUT2D eigenvalue weighted by atomic mass is 16.1. The Morgan fingerprint density at radius 3 is 2.84 bits per heavy atom. The zero-order valence-corrected chi connectivity index (χ0v) is 12.0. The molecule has 0 spiro atoms. The average Bonchev–Trinajstić information content (AvgIpc) is 2.64. The van der Waals surface area contributed by atoms with E-state index >= 15 is 0 Å². The van der Waals surface area contributed by atoms with E-state index in [0.717, 1.165) is 24.7 Å². The average molecular weight is 260 g/mol. The molecule has 1 atom stereocenters. The van der Waals surface area contributed by atoms with E-state index in [0.29, 0.717) is 11.3 Å². The number of nitrogens with zero attached hydrogens (tertiary/aromatic N) is 1. The highest BCUT2D eigenvalue weighted by Crippen LogP contribution is 2.27. The number of ketones is 1. The molecule has 0 aromatic heterocycles. The van der Waals surface area contributed by atoms with E-state index in [1.165, 1.54) is 25.7 Å². The first kappa shape index (κ1) is 13.9. The van der Waals surface area contributed by atoms with Crippen LogP contribution in [0.15, 0.2) is 18.2 Å². The van der Waals surface area contributed by atoms with Gasteiger partial charge in [-0.1, -0.05) is 13.3 Å². The number of rotatable bonds is 3. The smallest absolute Gasteiger partial charge is 0.161 e. The van der Waals surface area contributed by atoms with Crippen molar-refractivity contribution >= 4 is 17.2 Å². The lowest BCUT2D eigenvalue weighted by molar-refractivity contribution is 0.101. The second-order valence-electron chi connectivity index (χ2n) is 5.52. The molecule has 0 amide bonds. The molecular weight excluding hydrogens is 236 g/mol. The molecule has 0 bridgehead atoms. The number of nitrogens with two attached hydrogens (primary N) is 1. The van der Waals surface area contributed by atoms with E-state index < -0.39 is 0 Å². The summed E-state index contributed by atoms with van der Waals surface area (Å²) < 4.78 is 0. The van der Waals surface area contributed by atoms with Crippen molar-refractivity contribution in [3.63, 3.8) is 0 Å². The Morgan fingerprint density at radius 2 is 2.16 bits per heavy atom. The van der Waals surface area contributed by atoms with Crippen molar-refractivity contribution in [2.45, 2.75) is 39.5 Å². The van der Waals surface area contributed by atoms with Gasteiger partial charge in [0.2, 0.25) is 0 Å². The predicted octanol–water partition coefficient (Wildman–Crippen LogP) is 3.49. The van der Waals surface area contributed by atoms with Crippen LogP contribution in [0.3, 0.4) is 0 Å².